The van der Waals surface area contributed by atoms with Gasteiger partial charge in [0.2, 0.25) is 0 Å². The monoisotopic (exact) mass is 340 g/mol. The van der Waals surface area contributed by atoms with Gasteiger partial charge in [-0.1, -0.05) is 12.1 Å². The van der Waals surface area contributed by atoms with Gasteiger partial charge in [-0.15, -0.1) is 12.4 Å². The van der Waals surface area contributed by atoms with Crippen LogP contribution in [0.2, 0.25) is 0 Å². The van der Waals surface area contributed by atoms with Crippen molar-refractivity contribution >= 4 is 12.4 Å². The Kier molecular flexibility index (Phi) is 5.78. The Balaban J connectivity index is 0.00000192. The van der Waals surface area contributed by atoms with Gasteiger partial charge in [0.1, 0.15) is 0 Å². The molecule has 1 aliphatic rings. The lowest BCUT2D eigenvalue weighted by molar-refractivity contribution is 0.190. The van der Waals surface area contributed by atoms with E-state index in [1.807, 2.05) is 11.6 Å². The van der Waals surface area contributed by atoms with Crippen LogP contribution in [0, 0.1) is 13.8 Å². The zero-order valence-electron chi connectivity index (χ0n) is 14.2. The minimum Gasteiger partial charge on any atom is -0.334 e. The van der Waals surface area contributed by atoms with Crippen molar-refractivity contribution in [3.63, 3.8) is 0 Å². The number of aryl methyl sites for hydroxylation is 2. The van der Waals surface area contributed by atoms with E-state index in [9.17, 15) is 0 Å². The summed E-state index contributed by atoms with van der Waals surface area (Å²) < 4.78 is 7.55. The van der Waals surface area contributed by atoms with Gasteiger partial charge < -0.3 is 9.84 Å². The predicted octanol–water partition coefficient (Wildman–Crippen LogP) is 1.96. The third kappa shape index (κ3) is 3.41. The van der Waals surface area contributed by atoms with Crippen molar-refractivity contribution in [3.05, 3.63) is 17.2 Å². The first-order valence-electron chi connectivity index (χ1n) is 7.90. The molecule has 23 heavy (non-hydrogen) atoms. The lowest BCUT2D eigenvalue weighted by Gasteiger charge is -2.30. The topological polar surface area (TPSA) is 72.0 Å². The van der Waals surface area contributed by atoms with E-state index in [2.05, 4.69) is 46.4 Å². The molecule has 1 aliphatic heterocycles. The summed E-state index contributed by atoms with van der Waals surface area (Å²) >= 11 is 0. The average Bonchev–Trinajstić information content (AvgIpc) is 3.06. The second-order valence-electron chi connectivity index (χ2n) is 5.93. The number of nitrogens with one attached hydrogen (secondary N) is 1. The summed E-state index contributed by atoms with van der Waals surface area (Å²) in [6.07, 6.45) is 1.05. The molecule has 0 saturated carbocycles. The standard InChI is InChI=1S/C15H24N6O.ClH/c1-5-7-21-11(3)13(10(2)18-21)15-17-14(19-22-15)12-9-16-6-8-20(12)4;/h12,16H,5-9H2,1-4H3;1H. The summed E-state index contributed by atoms with van der Waals surface area (Å²) in [5, 5.41) is 12.2. The van der Waals surface area contributed by atoms with Gasteiger partial charge >= 0.3 is 0 Å². The summed E-state index contributed by atoms with van der Waals surface area (Å²) in [6, 6.07) is 0.164. The van der Waals surface area contributed by atoms with Crippen LogP contribution in [0.25, 0.3) is 11.5 Å². The molecule has 7 nitrogen and oxygen atoms in total. The molecule has 0 amide bonds. The Labute approximate surface area is 142 Å². The van der Waals surface area contributed by atoms with Crippen LogP contribution in [0.3, 0.4) is 0 Å². The average molecular weight is 341 g/mol. The highest BCUT2D eigenvalue weighted by Gasteiger charge is 2.27. The zero-order valence-corrected chi connectivity index (χ0v) is 15.0. The molecular formula is C15H25ClN6O. The van der Waals surface area contributed by atoms with E-state index in [1.54, 1.807) is 0 Å². The van der Waals surface area contributed by atoms with E-state index in [1.165, 1.54) is 0 Å². The maximum atomic E-state index is 5.54. The number of piperazine rings is 1. The molecule has 2 aromatic heterocycles. The maximum absolute atomic E-state index is 5.54. The Bertz CT molecular complexity index is 652. The molecule has 1 N–H and O–H groups in total. The van der Waals surface area contributed by atoms with Crippen LogP contribution in [0.4, 0.5) is 0 Å². The highest BCUT2D eigenvalue weighted by molar-refractivity contribution is 5.85. The van der Waals surface area contributed by atoms with Gasteiger partial charge in [0.05, 0.1) is 17.3 Å². The van der Waals surface area contributed by atoms with Crippen LogP contribution in [0.15, 0.2) is 4.52 Å². The fourth-order valence-corrected chi connectivity index (χ4v) is 3.00. The van der Waals surface area contributed by atoms with Crippen LogP contribution < -0.4 is 5.32 Å². The first-order chi connectivity index (χ1) is 10.6. The molecule has 1 atom stereocenters. The van der Waals surface area contributed by atoms with E-state index in [0.717, 1.165) is 55.4 Å². The molecule has 1 saturated heterocycles. The van der Waals surface area contributed by atoms with Crippen molar-refractivity contribution in [3.8, 4) is 11.5 Å². The number of aromatic nitrogens is 4. The molecule has 2 aromatic rings. The molecule has 0 aliphatic carbocycles. The lowest BCUT2D eigenvalue weighted by Crippen LogP contribution is -2.44. The van der Waals surface area contributed by atoms with Crippen molar-refractivity contribution in [2.24, 2.45) is 0 Å². The summed E-state index contributed by atoms with van der Waals surface area (Å²) in [4.78, 5) is 6.89. The fourth-order valence-electron chi connectivity index (χ4n) is 3.00. The molecule has 1 fully saturated rings. The number of nitrogens with zero attached hydrogens (tertiary/aromatic N) is 5. The van der Waals surface area contributed by atoms with Crippen LogP contribution in [0.1, 0.15) is 36.6 Å². The Morgan fingerprint density at radius 2 is 2.13 bits per heavy atom. The first kappa shape index (κ1) is 17.9. The van der Waals surface area contributed by atoms with Crippen LogP contribution in [-0.4, -0.2) is 51.5 Å². The van der Waals surface area contributed by atoms with Crippen molar-refractivity contribution in [2.45, 2.75) is 39.8 Å². The SMILES string of the molecule is CCCn1nc(C)c(-c2nc(C3CNCCN3C)no2)c1C.Cl. The van der Waals surface area contributed by atoms with Crippen molar-refractivity contribution < 1.29 is 4.52 Å². The lowest BCUT2D eigenvalue weighted by atomic mass is 10.2. The van der Waals surface area contributed by atoms with Gasteiger partial charge in [-0.05, 0) is 27.3 Å². The van der Waals surface area contributed by atoms with Crippen LogP contribution >= 0.6 is 12.4 Å². The molecule has 0 spiro atoms. The Morgan fingerprint density at radius 3 is 2.83 bits per heavy atom. The number of hydrogen-bond acceptors (Lipinski definition) is 6. The second kappa shape index (κ2) is 7.42. The third-order valence-electron chi connectivity index (χ3n) is 4.28. The molecule has 8 heteroatoms. The minimum absolute atomic E-state index is 0. The number of rotatable bonds is 4. The molecular weight excluding hydrogens is 316 g/mol. The Hall–Kier alpha value is -1.44. The molecule has 0 aromatic carbocycles. The summed E-state index contributed by atoms with van der Waals surface area (Å²) in [7, 11) is 2.09. The number of hydrogen-bond donors (Lipinski definition) is 1. The summed E-state index contributed by atoms with van der Waals surface area (Å²) in [6.45, 7) is 9.94. The number of halogens is 1. The molecule has 0 radical (unpaired) electrons. The first-order valence-corrected chi connectivity index (χ1v) is 7.90. The molecule has 3 rings (SSSR count). The van der Waals surface area contributed by atoms with Gasteiger partial charge in [-0.2, -0.15) is 10.1 Å². The quantitative estimate of drug-likeness (QED) is 0.917. The highest BCUT2D eigenvalue weighted by Crippen LogP contribution is 2.27. The molecule has 0 bridgehead atoms. The minimum atomic E-state index is 0. The van der Waals surface area contributed by atoms with Crippen LogP contribution in [-0.2, 0) is 6.54 Å². The van der Waals surface area contributed by atoms with Gasteiger partial charge in [0.25, 0.3) is 5.89 Å². The van der Waals surface area contributed by atoms with E-state index < -0.39 is 0 Å². The van der Waals surface area contributed by atoms with Crippen LogP contribution in [0.5, 0.6) is 0 Å². The third-order valence-corrected chi connectivity index (χ3v) is 4.28. The summed E-state index contributed by atoms with van der Waals surface area (Å²) in [5.74, 6) is 1.32. The fraction of sp³-hybridized carbons (Fsp3) is 0.667. The highest BCUT2D eigenvalue weighted by atomic mass is 35.5. The van der Waals surface area contributed by atoms with E-state index in [0.29, 0.717) is 5.89 Å². The predicted molar refractivity (Wildman–Crippen MR) is 90.8 cm³/mol. The van der Waals surface area contributed by atoms with Gasteiger partial charge in [-0.3, -0.25) is 9.58 Å². The van der Waals surface area contributed by atoms with Gasteiger partial charge in [0, 0.05) is 31.9 Å². The van der Waals surface area contributed by atoms with Gasteiger partial charge in [0.15, 0.2) is 5.82 Å². The van der Waals surface area contributed by atoms with Crippen molar-refractivity contribution in [1.82, 2.24) is 30.1 Å². The zero-order chi connectivity index (χ0) is 15.7. The normalized spacial score (nSPS) is 18.9. The largest absolute Gasteiger partial charge is 0.334 e. The maximum Gasteiger partial charge on any atom is 0.261 e. The van der Waals surface area contributed by atoms with E-state index in [4.69, 9.17) is 4.52 Å². The molecule has 3 heterocycles. The molecule has 128 valence electrons. The van der Waals surface area contributed by atoms with Gasteiger partial charge in [-0.25, -0.2) is 0 Å². The molecule has 1 unspecified atom stereocenters. The van der Waals surface area contributed by atoms with Crippen molar-refractivity contribution in [1.29, 1.82) is 0 Å². The van der Waals surface area contributed by atoms with E-state index >= 15 is 0 Å². The second-order valence-corrected chi connectivity index (χ2v) is 5.93. The smallest absolute Gasteiger partial charge is 0.261 e. The van der Waals surface area contributed by atoms with Crippen molar-refractivity contribution in [2.75, 3.05) is 26.7 Å². The summed E-state index contributed by atoms with van der Waals surface area (Å²) in [5.41, 5.74) is 3.00. The number of likely N-dealkylation sites (N-methyl/N-ethyl adjacent to an activating group) is 1. The Morgan fingerprint density at radius 1 is 1.35 bits per heavy atom. The van der Waals surface area contributed by atoms with E-state index in [-0.39, 0.29) is 18.4 Å².